The van der Waals surface area contributed by atoms with Crippen molar-refractivity contribution in [3.63, 3.8) is 0 Å². The van der Waals surface area contributed by atoms with E-state index in [1.807, 2.05) is 6.92 Å². The van der Waals surface area contributed by atoms with Gasteiger partial charge in [0.25, 0.3) is 5.78 Å². The second kappa shape index (κ2) is 11.1. The number of nitrogens with zero attached hydrogens (tertiary/aromatic N) is 2. The molecule has 8 nitrogen and oxygen atoms in total. The quantitative estimate of drug-likeness (QED) is 0.175. The van der Waals surface area contributed by atoms with Crippen molar-refractivity contribution in [1.82, 2.24) is 4.98 Å². The molecule has 3 aromatic rings. The van der Waals surface area contributed by atoms with Gasteiger partial charge in [-0.2, -0.15) is 0 Å². The zero-order valence-corrected chi connectivity index (χ0v) is 22.2. The average molecular weight is 539 g/mol. The van der Waals surface area contributed by atoms with Crippen molar-refractivity contribution in [2.45, 2.75) is 40.2 Å². The first kappa shape index (κ1) is 27.0. The van der Waals surface area contributed by atoms with Gasteiger partial charge in [-0.25, -0.2) is 14.2 Å². The van der Waals surface area contributed by atoms with Gasteiger partial charge in [-0.3, -0.25) is 14.5 Å². The van der Waals surface area contributed by atoms with Gasteiger partial charge in [-0.15, -0.1) is 0 Å². The maximum absolute atomic E-state index is 15.1. The third-order valence-corrected chi connectivity index (χ3v) is 7.14. The molecule has 0 spiro atoms. The number of hydrogen-bond acceptors (Lipinski definition) is 8. The number of halogens is 1. The summed E-state index contributed by atoms with van der Waals surface area (Å²) in [6, 6.07) is 9.26. The molecule has 0 aliphatic carbocycles. The minimum atomic E-state index is -1.31. The van der Waals surface area contributed by atoms with Crippen LogP contribution in [0.1, 0.15) is 58.4 Å². The van der Waals surface area contributed by atoms with Crippen LogP contribution in [0.5, 0.6) is 5.75 Å². The van der Waals surface area contributed by atoms with E-state index >= 15 is 4.39 Å². The molecule has 1 fully saturated rings. The monoisotopic (exact) mass is 538 g/mol. The summed E-state index contributed by atoms with van der Waals surface area (Å²) in [7, 11) is 0. The van der Waals surface area contributed by atoms with Gasteiger partial charge in [0.05, 0.1) is 24.5 Å². The number of aromatic nitrogens is 1. The second-order valence-electron chi connectivity index (χ2n) is 8.65. The van der Waals surface area contributed by atoms with E-state index in [-0.39, 0.29) is 33.3 Å². The van der Waals surface area contributed by atoms with Crippen molar-refractivity contribution < 1.29 is 33.4 Å². The molecule has 1 aliphatic rings. The minimum Gasteiger partial charge on any atom is -0.507 e. The number of rotatable bonds is 8. The van der Waals surface area contributed by atoms with Gasteiger partial charge in [0.1, 0.15) is 28.2 Å². The number of aliphatic hydroxyl groups is 1. The third-order valence-electron chi connectivity index (χ3n) is 6.01. The molecule has 2 heterocycles. The fraction of sp³-hybridized carbons (Fsp3) is 0.286. The van der Waals surface area contributed by atoms with Gasteiger partial charge in [-0.05, 0) is 57.0 Å². The van der Waals surface area contributed by atoms with Crippen molar-refractivity contribution in [1.29, 1.82) is 0 Å². The van der Waals surface area contributed by atoms with E-state index in [2.05, 4.69) is 4.98 Å². The van der Waals surface area contributed by atoms with Crippen LogP contribution >= 0.6 is 11.3 Å². The van der Waals surface area contributed by atoms with Crippen molar-refractivity contribution >= 4 is 39.9 Å². The predicted molar refractivity (Wildman–Crippen MR) is 141 cm³/mol. The maximum Gasteiger partial charge on any atom is 0.350 e. The Morgan fingerprint density at radius 2 is 1.89 bits per heavy atom. The summed E-state index contributed by atoms with van der Waals surface area (Å²) >= 11 is 0.860. The summed E-state index contributed by atoms with van der Waals surface area (Å²) in [5, 5.41) is 11.3. The lowest BCUT2D eigenvalue weighted by molar-refractivity contribution is -0.132. The molecule has 1 amide bonds. The van der Waals surface area contributed by atoms with Gasteiger partial charge in [-0.1, -0.05) is 36.5 Å². The Balaban J connectivity index is 1.88. The van der Waals surface area contributed by atoms with Crippen molar-refractivity contribution in [2.24, 2.45) is 0 Å². The second-order valence-corrected chi connectivity index (χ2v) is 9.63. The van der Waals surface area contributed by atoms with E-state index in [0.29, 0.717) is 23.6 Å². The number of amides is 1. The molecule has 1 aliphatic heterocycles. The standard InChI is InChI=1S/C28H27FN2O6S/c1-5-13-37-20-12-11-17(14-15(20)3)23(32)21-22(18-9-7-8-10-19(18)29)31(26(34)24(21)33)28-30-16(4)25(38-28)27(35)36-6-2/h7-12,14,22,32H,5-6,13H2,1-4H3/b23-21-. The van der Waals surface area contributed by atoms with Gasteiger partial charge in [0.2, 0.25) is 0 Å². The number of ether oxygens (including phenoxy) is 2. The summed E-state index contributed by atoms with van der Waals surface area (Å²) in [6.45, 7) is 7.68. The topological polar surface area (TPSA) is 106 Å². The first-order chi connectivity index (χ1) is 18.2. The molecule has 1 atom stereocenters. The summed E-state index contributed by atoms with van der Waals surface area (Å²) in [5.41, 5.74) is 1.00. The van der Waals surface area contributed by atoms with Crippen LogP contribution in [0, 0.1) is 19.7 Å². The highest BCUT2D eigenvalue weighted by Gasteiger charge is 2.49. The lowest BCUT2D eigenvalue weighted by Crippen LogP contribution is -2.29. The molecular weight excluding hydrogens is 511 g/mol. The number of anilines is 1. The number of aliphatic hydroxyl groups excluding tert-OH is 1. The first-order valence-corrected chi connectivity index (χ1v) is 12.9. The Bertz CT molecular complexity index is 1450. The molecular formula is C28H27FN2O6S. The van der Waals surface area contributed by atoms with Gasteiger partial charge < -0.3 is 14.6 Å². The highest BCUT2D eigenvalue weighted by Crippen LogP contribution is 2.44. The summed E-state index contributed by atoms with van der Waals surface area (Å²) in [6.07, 6.45) is 0.821. The summed E-state index contributed by atoms with van der Waals surface area (Å²) in [5.74, 6) is -3.11. The van der Waals surface area contributed by atoms with Crippen molar-refractivity contribution in [2.75, 3.05) is 18.1 Å². The zero-order chi connectivity index (χ0) is 27.6. The Labute approximate surface area is 223 Å². The Hall–Kier alpha value is -4.05. The minimum absolute atomic E-state index is 0.00147. The van der Waals surface area contributed by atoms with Crippen LogP contribution in [0.3, 0.4) is 0 Å². The van der Waals surface area contributed by atoms with Crippen LogP contribution in [0.4, 0.5) is 9.52 Å². The molecule has 1 N–H and O–H groups in total. The number of carbonyl (C=O) groups excluding carboxylic acids is 3. The highest BCUT2D eigenvalue weighted by atomic mass is 32.1. The Kier molecular flexibility index (Phi) is 7.91. The number of benzene rings is 2. The van der Waals surface area contributed by atoms with E-state index in [4.69, 9.17) is 9.47 Å². The molecule has 0 bridgehead atoms. The molecule has 10 heteroatoms. The number of thiazole rings is 1. The van der Waals surface area contributed by atoms with Crippen LogP contribution in [-0.2, 0) is 14.3 Å². The number of Topliss-reactive ketones (excluding diaryl/α,β-unsaturated/α-hetero) is 1. The molecule has 1 aromatic heterocycles. The molecule has 1 unspecified atom stereocenters. The largest absolute Gasteiger partial charge is 0.507 e. The van der Waals surface area contributed by atoms with Gasteiger partial charge in [0, 0.05) is 11.1 Å². The molecule has 198 valence electrons. The summed E-state index contributed by atoms with van der Waals surface area (Å²) < 4.78 is 25.9. The third kappa shape index (κ3) is 4.91. The molecule has 0 radical (unpaired) electrons. The highest BCUT2D eigenvalue weighted by molar-refractivity contribution is 7.17. The van der Waals surface area contributed by atoms with Crippen LogP contribution in [0.2, 0.25) is 0 Å². The fourth-order valence-electron chi connectivity index (χ4n) is 4.22. The first-order valence-electron chi connectivity index (χ1n) is 12.1. The molecule has 4 rings (SSSR count). The smallest absolute Gasteiger partial charge is 0.350 e. The maximum atomic E-state index is 15.1. The van der Waals surface area contributed by atoms with Crippen LogP contribution in [-0.4, -0.2) is 41.0 Å². The SMILES string of the molecule is CCCOc1ccc(/C(O)=C2/C(=O)C(=O)N(c3nc(C)c(C(=O)OCC)s3)C2c2ccccc2F)cc1C. The molecule has 1 saturated heterocycles. The van der Waals surface area contributed by atoms with E-state index in [0.717, 1.165) is 22.7 Å². The Morgan fingerprint density at radius 1 is 1.16 bits per heavy atom. The lowest BCUT2D eigenvalue weighted by atomic mass is 9.94. The number of carbonyl (C=O) groups is 3. The number of ketones is 1. The van der Waals surface area contributed by atoms with Crippen molar-refractivity contribution in [3.05, 3.63) is 81.1 Å². The van der Waals surface area contributed by atoms with Crippen molar-refractivity contribution in [3.8, 4) is 5.75 Å². The van der Waals surface area contributed by atoms with Crippen LogP contribution in [0.15, 0.2) is 48.0 Å². The molecule has 38 heavy (non-hydrogen) atoms. The number of aryl methyl sites for hydroxylation is 2. The van der Waals surface area contributed by atoms with Gasteiger partial charge in [0.15, 0.2) is 5.13 Å². The van der Waals surface area contributed by atoms with E-state index in [9.17, 15) is 19.5 Å². The van der Waals surface area contributed by atoms with Crippen LogP contribution in [0.25, 0.3) is 5.76 Å². The molecule has 0 saturated carbocycles. The Morgan fingerprint density at radius 3 is 2.55 bits per heavy atom. The zero-order valence-electron chi connectivity index (χ0n) is 21.4. The van der Waals surface area contributed by atoms with E-state index in [1.54, 1.807) is 45.0 Å². The number of hydrogen-bond donors (Lipinski definition) is 1. The lowest BCUT2D eigenvalue weighted by Gasteiger charge is -2.23. The van der Waals surface area contributed by atoms with E-state index < -0.39 is 35.3 Å². The summed E-state index contributed by atoms with van der Waals surface area (Å²) in [4.78, 5) is 44.6. The number of esters is 1. The normalized spacial score (nSPS) is 16.7. The van der Waals surface area contributed by atoms with E-state index in [1.165, 1.54) is 18.2 Å². The van der Waals surface area contributed by atoms with Crippen LogP contribution < -0.4 is 9.64 Å². The van der Waals surface area contributed by atoms with Gasteiger partial charge >= 0.3 is 11.9 Å². The molecule has 2 aromatic carbocycles. The fourth-order valence-corrected chi connectivity index (χ4v) is 5.21. The average Bonchev–Trinajstić information content (AvgIpc) is 3.40. The predicted octanol–water partition coefficient (Wildman–Crippen LogP) is 5.49.